The van der Waals surface area contributed by atoms with Crippen molar-refractivity contribution in [2.75, 3.05) is 17.7 Å². The molecule has 21 heavy (non-hydrogen) atoms. The van der Waals surface area contributed by atoms with E-state index in [0.29, 0.717) is 28.0 Å². The van der Waals surface area contributed by atoms with Gasteiger partial charge in [0.25, 0.3) is 0 Å². The minimum Gasteiger partial charge on any atom is -0.490 e. The van der Waals surface area contributed by atoms with Crippen molar-refractivity contribution < 1.29 is 9.13 Å². The molecule has 0 radical (unpaired) electrons. The van der Waals surface area contributed by atoms with E-state index >= 15 is 0 Å². The predicted molar refractivity (Wildman–Crippen MR) is 86.3 cm³/mol. The summed E-state index contributed by atoms with van der Waals surface area (Å²) in [5.74, 6) is -0.367. The van der Waals surface area contributed by atoms with E-state index in [1.807, 2.05) is 6.92 Å². The normalized spacial score (nSPS) is 10.5. The lowest BCUT2D eigenvalue weighted by Crippen LogP contribution is -2.02. The molecule has 6 heteroatoms. The lowest BCUT2D eigenvalue weighted by atomic mass is 10.2. The molecule has 0 heterocycles. The minimum absolute atomic E-state index is 0.136. The van der Waals surface area contributed by atoms with Gasteiger partial charge in [0, 0.05) is 12.1 Å². The molecule has 0 saturated carbocycles. The summed E-state index contributed by atoms with van der Waals surface area (Å²) in [4.78, 5) is 0. The Balaban J connectivity index is 2.35. The lowest BCUT2D eigenvalue weighted by molar-refractivity contribution is 0.301. The summed E-state index contributed by atoms with van der Waals surface area (Å²) in [5, 5.41) is 3.91. The molecule has 0 amide bonds. The zero-order valence-electron chi connectivity index (χ0n) is 11.4. The van der Waals surface area contributed by atoms with Crippen LogP contribution < -0.4 is 15.8 Å². The topological polar surface area (TPSA) is 47.3 Å². The maximum absolute atomic E-state index is 13.8. The van der Waals surface area contributed by atoms with Crippen molar-refractivity contribution in [3.05, 3.63) is 46.2 Å². The van der Waals surface area contributed by atoms with Crippen LogP contribution in [0.1, 0.15) is 13.3 Å². The van der Waals surface area contributed by atoms with Crippen LogP contribution in [0.15, 0.2) is 30.3 Å². The fourth-order valence-electron chi connectivity index (χ4n) is 1.75. The number of hydrogen-bond donors (Lipinski definition) is 2. The van der Waals surface area contributed by atoms with Gasteiger partial charge in [-0.2, -0.15) is 0 Å². The molecule has 0 aliphatic rings. The van der Waals surface area contributed by atoms with E-state index in [1.54, 1.807) is 18.2 Å². The van der Waals surface area contributed by atoms with Gasteiger partial charge in [-0.25, -0.2) is 4.39 Å². The average Bonchev–Trinajstić information content (AvgIpc) is 2.44. The molecule has 2 rings (SSSR count). The summed E-state index contributed by atoms with van der Waals surface area (Å²) in [6.07, 6.45) is 0.781. The smallest absolute Gasteiger partial charge is 0.167 e. The Bertz CT molecular complexity index is 630. The van der Waals surface area contributed by atoms with Crippen molar-refractivity contribution in [2.45, 2.75) is 13.3 Å². The van der Waals surface area contributed by atoms with Crippen LogP contribution in [0.5, 0.6) is 5.75 Å². The Morgan fingerprint density at radius 2 is 1.90 bits per heavy atom. The fourth-order valence-corrected chi connectivity index (χ4v) is 2.24. The highest BCUT2D eigenvalue weighted by Gasteiger charge is 2.12. The van der Waals surface area contributed by atoms with Gasteiger partial charge >= 0.3 is 0 Å². The fraction of sp³-hybridized carbons (Fsp3) is 0.200. The first-order valence-corrected chi connectivity index (χ1v) is 7.21. The highest BCUT2D eigenvalue weighted by atomic mass is 35.5. The molecular weight excluding hydrogens is 314 g/mol. The van der Waals surface area contributed by atoms with Crippen molar-refractivity contribution in [1.29, 1.82) is 0 Å². The van der Waals surface area contributed by atoms with Gasteiger partial charge in [-0.1, -0.05) is 36.2 Å². The highest BCUT2D eigenvalue weighted by Crippen LogP contribution is 2.36. The number of para-hydroxylation sites is 1. The van der Waals surface area contributed by atoms with Crippen molar-refractivity contribution in [1.82, 2.24) is 0 Å². The Hall–Kier alpha value is -1.65. The summed E-state index contributed by atoms with van der Waals surface area (Å²) in [6, 6.07) is 7.84. The van der Waals surface area contributed by atoms with Crippen LogP contribution in [0.3, 0.4) is 0 Å². The molecule has 0 aromatic heterocycles. The molecule has 0 atom stereocenters. The van der Waals surface area contributed by atoms with Crippen LogP contribution in [0.4, 0.5) is 21.5 Å². The average molecular weight is 329 g/mol. The predicted octanol–water partition coefficient (Wildman–Crippen LogP) is 5.25. The first-order valence-electron chi connectivity index (χ1n) is 6.45. The van der Waals surface area contributed by atoms with E-state index in [-0.39, 0.29) is 11.4 Å². The second kappa shape index (κ2) is 6.87. The summed E-state index contributed by atoms with van der Waals surface area (Å²) < 4.78 is 19.1. The monoisotopic (exact) mass is 328 g/mol. The van der Waals surface area contributed by atoms with E-state index in [2.05, 4.69) is 5.32 Å². The largest absolute Gasteiger partial charge is 0.490 e. The molecule has 0 spiro atoms. The van der Waals surface area contributed by atoms with Crippen molar-refractivity contribution in [3.8, 4) is 5.75 Å². The number of anilines is 3. The van der Waals surface area contributed by atoms with Crippen molar-refractivity contribution in [3.63, 3.8) is 0 Å². The van der Waals surface area contributed by atoms with Crippen LogP contribution in [0.2, 0.25) is 10.0 Å². The molecule has 0 fully saturated rings. The number of nitrogens with two attached hydrogens (primary N) is 1. The van der Waals surface area contributed by atoms with E-state index in [0.717, 1.165) is 6.42 Å². The number of halogens is 3. The third kappa shape index (κ3) is 3.71. The molecule has 0 aliphatic carbocycles. The van der Waals surface area contributed by atoms with Gasteiger partial charge in [0.1, 0.15) is 0 Å². The second-order valence-electron chi connectivity index (χ2n) is 4.44. The standard InChI is InChI=1S/C15H15Cl2FN2O/c1-2-6-21-14-8-13(12(19)7-11(14)18)20-15-9(16)4-3-5-10(15)17/h3-5,7-8,20H,2,6,19H2,1H3. The van der Waals surface area contributed by atoms with Gasteiger partial charge in [-0.15, -0.1) is 0 Å². The molecule has 0 saturated heterocycles. The Morgan fingerprint density at radius 3 is 2.52 bits per heavy atom. The number of nitrogens with one attached hydrogen (secondary N) is 1. The van der Waals surface area contributed by atoms with Crippen LogP contribution in [0.25, 0.3) is 0 Å². The molecule has 112 valence electrons. The zero-order chi connectivity index (χ0) is 15.4. The van der Waals surface area contributed by atoms with Gasteiger partial charge in [-0.3, -0.25) is 0 Å². The Labute approximate surface area is 132 Å². The molecule has 0 bridgehead atoms. The first-order chi connectivity index (χ1) is 10.0. The number of rotatable bonds is 5. The maximum atomic E-state index is 13.8. The molecule has 0 aliphatic heterocycles. The third-order valence-corrected chi connectivity index (χ3v) is 3.42. The summed E-state index contributed by atoms with van der Waals surface area (Å²) in [6.45, 7) is 2.37. The quantitative estimate of drug-likeness (QED) is 0.737. The van der Waals surface area contributed by atoms with E-state index < -0.39 is 5.82 Å². The van der Waals surface area contributed by atoms with Crippen molar-refractivity contribution in [2.24, 2.45) is 0 Å². The molecule has 2 aromatic carbocycles. The van der Waals surface area contributed by atoms with Gasteiger partial charge in [0.2, 0.25) is 0 Å². The molecule has 2 aromatic rings. The summed E-state index contributed by atoms with van der Waals surface area (Å²) in [7, 11) is 0. The van der Waals surface area contributed by atoms with Crippen LogP contribution in [0, 0.1) is 5.82 Å². The summed E-state index contributed by atoms with van der Waals surface area (Å²) in [5.41, 5.74) is 7.06. The lowest BCUT2D eigenvalue weighted by Gasteiger charge is -2.14. The van der Waals surface area contributed by atoms with E-state index in [4.69, 9.17) is 33.7 Å². The molecule has 3 N–H and O–H groups in total. The molecule has 0 unspecified atom stereocenters. The van der Waals surface area contributed by atoms with Gasteiger partial charge in [-0.05, 0) is 18.6 Å². The van der Waals surface area contributed by atoms with Crippen molar-refractivity contribution >= 4 is 40.3 Å². The molecule has 3 nitrogen and oxygen atoms in total. The highest BCUT2D eigenvalue weighted by molar-refractivity contribution is 6.39. The Kier molecular flexibility index (Phi) is 5.15. The zero-order valence-corrected chi connectivity index (χ0v) is 12.9. The van der Waals surface area contributed by atoms with E-state index in [1.165, 1.54) is 12.1 Å². The minimum atomic E-state index is -0.503. The molecular formula is C15H15Cl2FN2O. The van der Waals surface area contributed by atoms with Crippen LogP contribution in [-0.2, 0) is 0 Å². The Morgan fingerprint density at radius 1 is 1.24 bits per heavy atom. The third-order valence-electron chi connectivity index (χ3n) is 2.79. The van der Waals surface area contributed by atoms with Gasteiger partial charge in [0.05, 0.1) is 33.7 Å². The number of nitrogen functional groups attached to an aromatic ring is 1. The van der Waals surface area contributed by atoms with Crippen LogP contribution >= 0.6 is 23.2 Å². The van der Waals surface area contributed by atoms with Gasteiger partial charge < -0.3 is 15.8 Å². The maximum Gasteiger partial charge on any atom is 0.167 e. The van der Waals surface area contributed by atoms with Crippen LogP contribution in [-0.4, -0.2) is 6.61 Å². The van der Waals surface area contributed by atoms with Gasteiger partial charge in [0.15, 0.2) is 11.6 Å². The first kappa shape index (κ1) is 15.7. The SMILES string of the molecule is CCCOc1cc(Nc2c(Cl)cccc2Cl)c(N)cc1F. The van der Waals surface area contributed by atoms with E-state index in [9.17, 15) is 4.39 Å². The number of ether oxygens (including phenoxy) is 1. The summed E-state index contributed by atoms with van der Waals surface area (Å²) >= 11 is 12.2. The second-order valence-corrected chi connectivity index (χ2v) is 5.25. The number of hydrogen-bond acceptors (Lipinski definition) is 3. The number of benzene rings is 2.